The highest BCUT2D eigenvalue weighted by Gasteiger charge is 2.13. The van der Waals surface area contributed by atoms with Gasteiger partial charge in [0.05, 0.1) is 23.3 Å². The number of ether oxygens (including phenoxy) is 1. The number of hydrogen-bond acceptors (Lipinski definition) is 4. The Morgan fingerprint density at radius 2 is 1.74 bits per heavy atom. The highest BCUT2D eigenvalue weighted by molar-refractivity contribution is 7.91. The second-order valence-electron chi connectivity index (χ2n) is 8.72. The van der Waals surface area contributed by atoms with E-state index >= 15 is 0 Å². The maximum atomic E-state index is 12.7. The summed E-state index contributed by atoms with van der Waals surface area (Å²) in [5.74, 6) is 0.757. The van der Waals surface area contributed by atoms with Crippen LogP contribution in [0.2, 0.25) is 0 Å². The zero-order chi connectivity index (χ0) is 25.0. The number of benzene rings is 3. The predicted octanol–water partition coefficient (Wildman–Crippen LogP) is 5.20. The molecule has 0 bridgehead atoms. The first-order valence-corrected chi connectivity index (χ1v) is 13.4. The Labute approximate surface area is 206 Å². The largest absolute Gasteiger partial charge is 0.491 e. The zero-order valence-corrected chi connectivity index (χ0v) is 21.0. The van der Waals surface area contributed by atoms with Crippen LogP contribution in [0.5, 0.6) is 5.75 Å². The number of rotatable bonds is 9. The van der Waals surface area contributed by atoms with Crippen molar-refractivity contribution in [2.24, 2.45) is 0 Å². The maximum Gasteiger partial charge on any atom is 0.251 e. The number of sulfone groups is 1. The van der Waals surface area contributed by atoms with Gasteiger partial charge in [-0.3, -0.25) is 4.79 Å². The number of carbonyl (C=O) groups is 1. The molecule has 0 aliphatic heterocycles. The van der Waals surface area contributed by atoms with E-state index in [1.807, 2.05) is 62.5 Å². The van der Waals surface area contributed by atoms with Crippen molar-refractivity contribution in [1.82, 2.24) is 9.88 Å². The van der Waals surface area contributed by atoms with E-state index in [2.05, 4.69) is 16.0 Å². The van der Waals surface area contributed by atoms with Crippen molar-refractivity contribution < 1.29 is 17.9 Å². The molecule has 7 heteroatoms. The van der Waals surface area contributed by atoms with Gasteiger partial charge in [0.25, 0.3) is 5.91 Å². The number of fused-ring (bicyclic) bond motifs is 1. The third-order valence-electron chi connectivity index (χ3n) is 5.82. The molecule has 0 aliphatic rings. The highest BCUT2D eigenvalue weighted by atomic mass is 32.2. The summed E-state index contributed by atoms with van der Waals surface area (Å²) >= 11 is 0. The van der Waals surface area contributed by atoms with Crippen LogP contribution < -0.4 is 10.1 Å². The molecule has 6 nitrogen and oxygen atoms in total. The Morgan fingerprint density at radius 1 is 1.00 bits per heavy atom. The molecule has 182 valence electrons. The Hall–Kier alpha value is -3.58. The van der Waals surface area contributed by atoms with Crippen LogP contribution in [0.1, 0.15) is 42.3 Å². The minimum atomic E-state index is -3.23. The average molecular weight is 491 g/mol. The molecule has 0 fully saturated rings. The first-order chi connectivity index (χ1) is 16.8. The van der Waals surface area contributed by atoms with Crippen molar-refractivity contribution in [2.75, 3.05) is 5.75 Å². The van der Waals surface area contributed by atoms with Crippen LogP contribution in [0.15, 0.2) is 83.9 Å². The van der Waals surface area contributed by atoms with Gasteiger partial charge in [0, 0.05) is 34.8 Å². The lowest BCUT2D eigenvalue weighted by molar-refractivity contribution is 0.0951. The average Bonchev–Trinajstić information content (AvgIpc) is 3.25. The van der Waals surface area contributed by atoms with Crippen molar-refractivity contribution in [2.45, 2.75) is 44.9 Å². The van der Waals surface area contributed by atoms with Gasteiger partial charge in [-0.2, -0.15) is 0 Å². The number of carbonyl (C=O) groups excluding carboxylic acids is 1. The normalized spacial score (nSPS) is 11.7. The number of nitrogens with one attached hydrogen (secondary N) is 1. The fourth-order valence-corrected chi connectivity index (χ4v) is 4.82. The fourth-order valence-electron chi connectivity index (χ4n) is 3.93. The molecule has 1 amide bonds. The summed E-state index contributed by atoms with van der Waals surface area (Å²) in [6, 6.07) is 22.3. The van der Waals surface area contributed by atoms with Crippen LogP contribution >= 0.6 is 0 Å². The Bertz CT molecular complexity index is 1440. The molecule has 0 spiro atoms. The number of hydrogen-bond donors (Lipinski definition) is 1. The van der Waals surface area contributed by atoms with Crippen molar-refractivity contribution in [3.63, 3.8) is 0 Å². The highest BCUT2D eigenvalue weighted by Crippen LogP contribution is 2.24. The minimum absolute atomic E-state index is 0.0610. The Morgan fingerprint density at radius 3 is 2.46 bits per heavy atom. The fraction of sp³-hybridized carbons (Fsp3) is 0.250. The van der Waals surface area contributed by atoms with Crippen LogP contribution in [0.3, 0.4) is 0 Å². The monoisotopic (exact) mass is 490 g/mol. The molecule has 4 aromatic rings. The van der Waals surface area contributed by atoms with Gasteiger partial charge in [-0.05, 0) is 61.9 Å². The molecule has 1 aromatic heterocycles. The molecule has 4 rings (SSSR count). The number of para-hydroxylation sites is 1. The minimum Gasteiger partial charge on any atom is -0.491 e. The van der Waals surface area contributed by atoms with Gasteiger partial charge < -0.3 is 14.6 Å². The molecule has 0 unspecified atom stereocenters. The Kier molecular flexibility index (Phi) is 7.26. The molecule has 1 N–H and O–H groups in total. The van der Waals surface area contributed by atoms with Crippen LogP contribution in [0.25, 0.3) is 10.9 Å². The summed E-state index contributed by atoms with van der Waals surface area (Å²) in [6.07, 6.45) is 2.12. The van der Waals surface area contributed by atoms with Gasteiger partial charge in [0.15, 0.2) is 9.84 Å². The lowest BCUT2D eigenvalue weighted by Gasteiger charge is -2.15. The standard InChI is InChI=1S/C28H30N2O4S/c1-4-35(32,33)25-12-9-21(10-13-25)18-29-28(31)23-11-14-26-22(17-23)15-16-30(26)19-24-7-5-6-8-27(24)34-20(2)3/h5-17,20H,4,18-19H2,1-3H3,(H,29,31). The van der Waals surface area contributed by atoms with E-state index < -0.39 is 9.84 Å². The van der Waals surface area contributed by atoms with E-state index in [0.717, 1.165) is 27.8 Å². The van der Waals surface area contributed by atoms with Gasteiger partial charge in [-0.25, -0.2) is 8.42 Å². The van der Waals surface area contributed by atoms with Gasteiger partial charge in [-0.1, -0.05) is 37.3 Å². The summed E-state index contributed by atoms with van der Waals surface area (Å²) in [5.41, 5.74) is 3.54. The van der Waals surface area contributed by atoms with E-state index in [4.69, 9.17) is 4.74 Å². The van der Waals surface area contributed by atoms with E-state index in [1.165, 1.54) is 0 Å². The second-order valence-corrected chi connectivity index (χ2v) is 11.0. The van der Waals surface area contributed by atoms with Crippen molar-refractivity contribution in [3.8, 4) is 5.75 Å². The quantitative estimate of drug-likeness (QED) is 0.350. The summed E-state index contributed by atoms with van der Waals surface area (Å²) in [6.45, 7) is 6.63. The van der Waals surface area contributed by atoms with E-state index in [9.17, 15) is 13.2 Å². The molecule has 3 aromatic carbocycles. The van der Waals surface area contributed by atoms with Gasteiger partial charge >= 0.3 is 0 Å². The molecule has 0 atom stereocenters. The lowest BCUT2D eigenvalue weighted by atomic mass is 10.1. The smallest absolute Gasteiger partial charge is 0.251 e. The summed E-state index contributed by atoms with van der Waals surface area (Å²) in [5, 5.41) is 3.89. The van der Waals surface area contributed by atoms with Crippen molar-refractivity contribution >= 4 is 26.6 Å². The molecule has 0 saturated heterocycles. The molecule has 1 heterocycles. The summed E-state index contributed by atoms with van der Waals surface area (Å²) < 4.78 is 32.0. The zero-order valence-electron chi connectivity index (χ0n) is 20.2. The van der Waals surface area contributed by atoms with Crippen LogP contribution in [-0.2, 0) is 22.9 Å². The van der Waals surface area contributed by atoms with E-state index in [0.29, 0.717) is 23.5 Å². The van der Waals surface area contributed by atoms with Crippen molar-refractivity contribution in [1.29, 1.82) is 0 Å². The third-order valence-corrected chi connectivity index (χ3v) is 7.58. The van der Waals surface area contributed by atoms with E-state index in [-0.39, 0.29) is 17.8 Å². The molecular weight excluding hydrogens is 460 g/mol. The summed E-state index contributed by atoms with van der Waals surface area (Å²) in [4.78, 5) is 13.0. The molecule has 35 heavy (non-hydrogen) atoms. The number of amides is 1. The molecule has 0 radical (unpaired) electrons. The first kappa shape index (κ1) is 24.5. The van der Waals surface area contributed by atoms with Crippen LogP contribution in [0.4, 0.5) is 0 Å². The topological polar surface area (TPSA) is 77.4 Å². The molecule has 0 saturated carbocycles. The second kappa shape index (κ2) is 10.4. The van der Waals surface area contributed by atoms with Gasteiger partial charge in [0.1, 0.15) is 5.75 Å². The number of aromatic nitrogens is 1. The molecular formula is C28H30N2O4S. The molecule has 0 aliphatic carbocycles. The predicted molar refractivity (Wildman–Crippen MR) is 139 cm³/mol. The number of nitrogens with zero attached hydrogens (tertiary/aromatic N) is 1. The van der Waals surface area contributed by atoms with E-state index in [1.54, 1.807) is 31.2 Å². The third kappa shape index (κ3) is 5.74. The maximum absolute atomic E-state index is 12.7. The lowest BCUT2D eigenvalue weighted by Crippen LogP contribution is -2.22. The Balaban J connectivity index is 1.45. The van der Waals surface area contributed by atoms with Crippen molar-refractivity contribution in [3.05, 3.63) is 95.7 Å². The first-order valence-electron chi connectivity index (χ1n) is 11.7. The van der Waals surface area contributed by atoms with Gasteiger partial charge in [-0.15, -0.1) is 0 Å². The van der Waals surface area contributed by atoms with Crippen LogP contribution in [-0.4, -0.2) is 30.7 Å². The van der Waals surface area contributed by atoms with Crippen LogP contribution in [0, 0.1) is 0 Å². The SMILES string of the molecule is CCS(=O)(=O)c1ccc(CNC(=O)c2ccc3c(ccn3Cc3ccccc3OC(C)C)c2)cc1. The van der Waals surface area contributed by atoms with Gasteiger partial charge in [0.2, 0.25) is 0 Å². The summed E-state index contributed by atoms with van der Waals surface area (Å²) in [7, 11) is -3.23.